The zero-order chi connectivity index (χ0) is 10.7. The molecule has 0 atom stereocenters. The van der Waals surface area contributed by atoms with E-state index in [2.05, 4.69) is 0 Å². The molecule has 0 aromatic heterocycles. The van der Waals surface area contributed by atoms with Gasteiger partial charge in [0.2, 0.25) is 0 Å². The summed E-state index contributed by atoms with van der Waals surface area (Å²) in [7, 11) is 0. The lowest BCUT2D eigenvalue weighted by atomic mass is 10.1. The van der Waals surface area contributed by atoms with E-state index in [9.17, 15) is 9.59 Å². The minimum Gasteiger partial charge on any atom is -0.275 e. The van der Waals surface area contributed by atoms with Crippen LogP contribution in [-0.4, -0.2) is 23.3 Å². The largest absolute Gasteiger partial charge is 0.275 e. The van der Waals surface area contributed by atoms with Crippen LogP contribution in [-0.2, 0) is 16.0 Å². The highest BCUT2D eigenvalue weighted by Crippen LogP contribution is 2.06. The van der Waals surface area contributed by atoms with E-state index in [0.29, 0.717) is 13.0 Å². The number of rotatable bonds is 3. The molecule has 1 aromatic carbocycles. The minimum atomic E-state index is -0.212. The molecule has 0 saturated heterocycles. The van der Waals surface area contributed by atoms with Gasteiger partial charge in [0.1, 0.15) is 0 Å². The third kappa shape index (κ3) is 2.13. The van der Waals surface area contributed by atoms with Crippen LogP contribution in [0.2, 0.25) is 0 Å². The van der Waals surface area contributed by atoms with Crippen molar-refractivity contribution in [3.05, 3.63) is 48.0 Å². The Morgan fingerprint density at radius 1 is 0.933 bits per heavy atom. The maximum absolute atomic E-state index is 11.2. The molecule has 3 nitrogen and oxygen atoms in total. The molecule has 0 N–H and O–H groups in total. The molecule has 0 fully saturated rings. The van der Waals surface area contributed by atoms with E-state index in [1.54, 1.807) is 0 Å². The summed E-state index contributed by atoms with van der Waals surface area (Å²) in [6.07, 6.45) is 3.33. The van der Waals surface area contributed by atoms with E-state index in [4.69, 9.17) is 0 Å². The summed E-state index contributed by atoms with van der Waals surface area (Å²) in [5.41, 5.74) is 1.13. The first-order valence-corrected chi connectivity index (χ1v) is 4.85. The van der Waals surface area contributed by atoms with Crippen molar-refractivity contribution in [2.24, 2.45) is 0 Å². The zero-order valence-electron chi connectivity index (χ0n) is 8.22. The molecule has 0 bridgehead atoms. The molecular formula is C12H11NO2. The highest BCUT2D eigenvalue weighted by molar-refractivity contribution is 6.12. The van der Waals surface area contributed by atoms with Gasteiger partial charge in [0.15, 0.2) is 0 Å². The summed E-state index contributed by atoms with van der Waals surface area (Å²) < 4.78 is 0. The average molecular weight is 201 g/mol. The van der Waals surface area contributed by atoms with Gasteiger partial charge in [-0.05, 0) is 12.0 Å². The van der Waals surface area contributed by atoms with Gasteiger partial charge in [-0.3, -0.25) is 14.5 Å². The number of carbonyl (C=O) groups is 2. The van der Waals surface area contributed by atoms with Crippen LogP contribution in [0, 0.1) is 0 Å². The predicted octanol–water partition coefficient (Wildman–Crippen LogP) is 1.15. The third-order valence-electron chi connectivity index (χ3n) is 2.37. The van der Waals surface area contributed by atoms with Gasteiger partial charge < -0.3 is 0 Å². The van der Waals surface area contributed by atoms with Gasteiger partial charge in [-0.1, -0.05) is 30.3 Å². The molecule has 1 aromatic rings. The van der Waals surface area contributed by atoms with Crippen LogP contribution in [0.15, 0.2) is 42.5 Å². The Morgan fingerprint density at radius 2 is 1.53 bits per heavy atom. The van der Waals surface area contributed by atoms with Crippen LogP contribution in [0.25, 0.3) is 0 Å². The number of amides is 2. The molecule has 76 valence electrons. The molecule has 2 amide bonds. The Hall–Kier alpha value is -1.90. The van der Waals surface area contributed by atoms with Crippen LogP contribution in [0.4, 0.5) is 0 Å². The van der Waals surface area contributed by atoms with Crippen LogP contribution >= 0.6 is 0 Å². The molecular weight excluding hydrogens is 190 g/mol. The van der Waals surface area contributed by atoms with Crippen LogP contribution in [0.3, 0.4) is 0 Å². The van der Waals surface area contributed by atoms with Crippen molar-refractivity contribution in [1.82, 2.24) is 4.90 Å². The number of imide groups is 1. The fraction of sp³-hybridized carbons (Fsp3) is 0.167. The summed E-state index contributed by atoms with van der Waals surface area (Å²) in [4.78, 5) is 23.7. The number of benzene rings is 1. The molecule has 0 saturated carbocycles. The van der Waals surface area contributed by atoms with Crippen molar-refractivity contribution in [2.75, 3.05) is 6.54 Å². The van der Waals surface area contributed by atoms with E-state index in [1.807, 2.05) is 30.3 Å². The quantitative estimate of drug-likeness (QED) is 0.688. The fourth-order valence-electron chi connectivity index (χ4n) is 1.54. The monoisotopic (exact) mass is 201 g/mol. The van der Waals surface area contributed by atoms with Crippen molar-refractivity contribution in [2.45, 2.75) is 6.42 Å². The number of hydrogen-bond acceptors (Lipinski definition) is 2. The maximum Gasteiger partial charge on any atom is 0.253 e. The van der Waals surface area contributed by atoms with Crippen molar-refractivity contribution in [3.8, 4) is 0 Å². The van der Waals surface area contributed by atoms with Crippen LogP contribution < -0.4 is 0 Å². The molecule has 0 unspecified atom stereocenters. The second kappa shape index (κ2) is 4.09. The van der Waals surface area contributed by atoms with Gasteiger partial charge in [0.05, 0.1) is 0 Å². The molecule has 0 radical (unpaired) electrons. The zero-order valence-corrected chi connectivity index (χ0v) is 8.22. The van der Waals surface area contributed by atoms with Gasteiger partial charge in [-0.15, -0.1) is 0 Å². The molecule has 0 aliphatic carbocycles. The lowest BCUT2D eigenvalue weighted by molar-refractivity contribution is -0.136. The number of nitrogens with zero attached hydrogens (tertiary/aromatic N) is 1. The SMILES string of the molecule is O=C1C=CC(=O)N1CCc1ccccc1. The van der Waals surface area contributed by atoms with Crippen LogP contribution in [0.1, 0.15) is 5.56 Å². The van der Waals surface area contributed by atoms with E-state index >= 15 is 0 Å². The number of carbonyl (C=O) groups excluding carboxylic acids is 2. The second-order valence-corrected chi connectivity index (χ2v) is 3.40. The van der Waals surface area contributed by atoms with Crippen LogP contribution in [0.5, 0.6) is 0 Å². The Labute approximate surface area is 88.0 Å². The van der Waals surface area contributed by atoms with E-state index in [0.717, 1.165) is 5.56 Å². The van der Waals surface area contributed by atoms with Crippen molar-refractivity contribution < 1.29 is 9.59 Å². The van der Waals surface area contributed by atoms with Gasteiger partial charge in [0.25, 0.3) is 11.8 Å². The van der Waals surface area contributed by atoms with Crippen molar-refractivity contribution in [3.63, 3.8) is 0 Å². The van der Waals surface area contributed by atoms with Crippen molar-refractivity contribution in [1.29, 1.82) is 0 Å². The summed E-state index contributed by atoms with van der Waals surface area (Å²) in [5, 5.41) is 0. The Kier molecular flexibility index (Phi) is 2.63. The maximum atomic E-state index is 11.2. The third-order valence-corrected chi connectivity index (χ3v) is 2.37. The van der Waals surface area contributed by atoms with Gasteiger partial charge >= 0.3 is 0 Å². The lowest BCUT2D eigenvalue weighted by Crippen LogP contribution is -2.31. The second-order valence-electron chi connectivity index (χ2n) is 3.40. The molecule has 1 aliphatic heterocycles. The van der Waals surface area contributed by atoms with E-state index in [-0.39, 0.29) is 11.8 Å². The highest BCUT2D eigenvalue weighted by Gasteiger charge is 2.22. The molecule has 2 rings (SSSR count). The standard InChI is InChI=1S/C12H11NO2/c14-11-6-7-12(15)13(11)9-8-10-4-2-1-3-5-10/h1-7H,8-9H2. The Bertz CT molecular complexity index is 391. The summed E-state index contributed by atoms with van der Waals surface area (Å²) in [5.74, 6) is -0.424. The van der Waals surface area contributed by atoms with E-state index < -0.39 is 0 Å². The summed E-state index contributed by atoms with van der Waals surface area (Å²) >= 11 is 0. The number of hydrogen-bond donors (Lipinski definition) is 0. The summed E-state index contributed by atoms with van der Waals surface area (Å²) in [6, 6.07) is 9.80. The van der Waals surface area contributed by atoms with Gasteiger partial charge in [-0.2, -0.15) is 0 Å². The molecule has 0 spiro atoms. The van der Waals surface area contributed by atoms with E-state index in [1.165, 1.54) is 17.1 Å². The van der Waals surface area contributed by atoms with Gasteiger partial charge in [0, 0.05) is 18.7 Å². The van der Waals surface area contributed by atoms with Gasteiger partial charge in [-0.25, -0.2) is 0 Å². The molecule has 1 aliphatic rings. The predicted molar refractivity (Wildman–Crippen MR) is 56.0 cm³/mol. The highest BCUT2D eigenvalue weighted by atomic mass is 16.2. The molecule has 15 heavy (non-hydrogen) atoms. The first-order valence-electron chi connectivity index (χ1n) is 4.85. The molecule has 3 heteroatoms. The molecule has 1 heterocycles. The Morgan fingerprint density at radius 3 is 2.13 bits per heavy atom. The smallest absolute Gasteiger partial charge is 0.253 e. The fourth-order valence-corrected chi connectivity index (χ4v) is 1.54. The minimum absolute atomic E-state index is 0.212. The normalized spacial score (nSPS) is 15.1. The lowest BCUT2D eigenvalue weighted by Gasteiger charge is -2.13. The first kappa shape index (κ1) is 9.65. The Balaban J connectivity index is 1.95. The first-order chi connectivity index (χ1) is 7.27. The topological polar surface area (TPSA) is 37.4 Å². The average Bonchev–Trinajstić information content (AvgIpc) is 2.58. The summed E-state index contributed by atoms with van der Waals surface area (Å²) in [6.45, 7) is 0.453. The van der Waals surface area contributed by atoms with Crippen molar-refractivity contribution >= 4 is 11.8 Å².